The molecule has 0 bridgehead atoms. The van der Waals surface area contributed by atoms with Gasteiger partial charge in [-0.25, -0.2) is 0 Å². The van der Waals surface area contributed by atoms with Crippen LogP contribution in [0.2, 0.25) is 5.02 Å². The maximum Gasteiger partial charge on any atom is 0.188 e. The van der Waals surface area contributed by atoms with Crippen LogP contribution < -0.4 is 10.1 Å². The standard InChI is InChI=1S/C10H12ClN5O/c1-12-6-10-13-15-16(14-10)7-3-4-9(17-2)8(11)5-7/h3-5,12H,6H2,1-2H3. The summed E-state index contributed by atoms with van der Waals surface area (Å²) in [5.41, 5.74) is 0.741. The molecule has 0 aliphatic carbocycles. The van der Waals surface area contributed by atoms with Gasteiger partial charge in [0.15, 0.2) is 5.82 Å². The Morgan fingerprint density at radius 3 is 2.94 bits per heavy atom. The topological polar surface area (TPSA) is 64.9 Å². The molecular formula is C10H12ClN5O. The number of nitrogens with one attached hydrogen (secondary N) is 1. The minimum Gasteiger partial charge on any atom is -0.495 e. The smallest absolute Gasteiger partial charge is 0.188 e. The molecule has 1 aromatic heterocycles. The first kappa shape index (κ1) is 11.8. The zero-order chi connectivity index (χ0) is 12.3. The van der Waals surface area contributed by atoms with Crippen LogP contribution in [0.25, 0.3) is 5.69 Å². The van der Waals surface area contributed by atoms with Crippen molar-refractivity contribution >= 4 is 11.6 Å². The lowest BCUT2D eigenvalue weighted by Gasteiger charge is -2.04. The number of benzene rings is 1. The fraction of sp³-hybridized carbons (Fsp3) is 0.300. The lowest BCUT2D eigenvalue weighted by atomic mass is 10.3. The molecule has 0 unspecified atom stereocenters. The lowest BCUT2D eigenvalue weighted by Crippen LogP contribution is -2.07. The largest absolute Gasteiger partial charge is 0.495 e. The monoisotopic (exact) mass is 253 g/mol. The molecule has 0 atom stereocenters. The van der Waals surface area contributed by atoms with E-state index in [2.05, 4.69) is 20.7 Å². The van der Waals surface area contributed by atoms with Gasteiger partial charge in [-0.3, -0.25) is 0 Å². The average Bonchev–Trinajstić information content (AvgIpc) is 2.78. The van der Waals surface area contributed by atoms with Crippen molar-refractivity contribution in [2.75, 3.05) is 14.2 Å². The summed E-state index contributed by atoms with van der Waals surface area (Å²) in [6.45, 7) is 0.573. The number of hydrogen-bond acceptors (Lipinski definition) is 5. The highest BCUT2D eigenvalue weighted by Crippen LogP contribution is 2.25. The van der Waals surface area contributed by atoms with Crippen molar-refractivity contribution < 1.29 is 4.74 Å². The summed E-state index contributed by atoms with van der Waals surface area (Å²) in [5, 5.41) is 15.5. The Morgan fingerprint density at radius 1 is 1.47 bits per heavy atom. The van der Waals surface area contributed by atoms with Gasteiger partial charge in [-0.05, 0) is 30.5 Å². The molecule has 90 valence electrons. The SMILES string of the molecule is CNCc1nnn(-c2ccc(OC)c(Cl)c2)n1. The first-order valence-corrected chi connectivity index (χ1v) is 5.40. The van der Waals surface area contributed by atoms with Gasteiger partial charge in [0.25, 0.3) is 0 Å². The van der Waals surface area contributed by atoms with Crippen LogP contribution >= 0.6 is 11.6 Å². The average molecular weight is 254 g/mol. The molecule has 2 aromatic rings. The summed E-state index contributed by atoms with van der Waals surface area (Å²) in [6, 6.07) is 5.31. The minimum atomic E-state index is 0.512. The van der Waals surface area contributed by atoms with Gasteiger partial charge in [-0.15, -0.1) is 15.0 Å². The van der Waals surface area contributed by atoms with E-state index in [0.29, 0.717) is 23.1 Å². The first-order chi connectivity index (χ1) is 8.24. The molecule has 0 saturated heterocycles. The predicted octanol–water partition coefficient (Wildman–Crippen LogP) is 1.04. The number of ether oxygens (including phenoxy) is 1. The molecule has 6 nitrogen and oxygen atoms in total. The quantitative estimate of drug-likeness (QED) is 0.882. The molecule has 7 heteroatoms. The third kappa shape index (κ3) is 2.54. The zero-order valence-corrected chi connectivity index (χ0v) is 10.3. The number of hydrogen-bond donors (Lipinski definition) is 1. The van der Waals surface area contributed by atoms with Gasteiger partial charge in [-0.1, -0.05) is 11.6 Å². The van der Waals surface area contributed by atoms with Gasteiger partial charge in [0.2, 0.25) is 0 Å². The van der Waals surface area contributed by atoms with Crippen molar-refractivity contribution in [1.29, 1.82) is 0 Å². The summed E-state index contributed by atoms with van der Waals surface area (Å²) >= 11 is 6.02. The molecular weight excluding hydrogens is 242 g/mol. The van der Waals surface area contributed by atoms with Crippen molar-refractivity contribution in [1.82, 2.24) is 25.5 Å². The first-order valence-electron chi connectivity index (χ1n) is 5.02. The number of aromatic nitrogens is 4. The summed E-state index contributed by atoms with van der Waals surface area (Å²) < 4.78 is 5.07. The Kier molecular flexibility index (Phi) is 3.55. The Hall–Kier alpha value is -1.66. The highest BCUT2D eigenvalue weighted by molar-refractivity contribution is 6.32. The van der Waals surface area contributed by atoms with Gasteiger partial charge in [0.1, 0.15) is 5.75 Å². The van der Waals surface area contributed by atoms with E-state index in [4.69, 9.17) is 16.3 Å². The molecule has 17 heavy (non-hydrogen) atoms. The van der Waals surface area contributed by atoms with E-state index in [1.54, 1.807) is 19.2 Å². The Labute approximate surface area is 104 Å². The fourth-order valence-corrected chi connectivity index (χ4v) is 1.61. The van der Waals surface area contributed by atoms with Gasteiger partial charge < -0.3 is 10.1 Å². The second-order valence-corrected chi connectivity index (χ2v) is 3.75. The maximum absolute atomic E-state index is 6.02. The van der Waals surface area contributed by atoms with E-state index in [0.717, 1.165) is 5.69 Å². The van der Waals surface area contributed by atoms with E-state index in [9.17, 15) is 0 Å². The molecule has 0 aliphatic heterocycles. The van der Waals surface area contributed by atoms with Gasteiger partial charge in [0, 0.05) is 0 Å². The molecule has 2 rings (SSSR count). The normalized spacial score (nSPS) is 10.5. The third-order valence-corrected chi connectivity index (χ3v) is 2.45. The van der Waals surface area contributed by atoms with E-state index in [1.165, 1.54) is 4.80 Å². The van der Waals surface area contributed by atoms with Crippen LogP contribution in [-0.2, 0) is 6.54 Å². The Bertz CT molecular complexity index is 513. The molecule has 0 spiro atoms. The molecule has 0 amide bonds. The second kappa shape index (κ2) is 5.11. The molecule has 0 saturated carbocycles. The van der Waals surface area contributed by atoms with E-state index < -0.39 is 0 Å². The van der Waals surface area contributed by atoms with Crippen LogP contribution in [0, 0.1) is 0 Å². The predicted molar refractivity (Wildman–Crippen MR) is 63.5 cm³/mol. The van der Waals surface area contributed by atoms with Gasteiger partial charge >= 0.3 is 0 Å². The second-order valence-electron chi connectivity index (χ2n) is 3.34. The summed E-state index contributed by atoms with van der Waals surface area (Å²) in [6.07, 6.45) is 0. The third-order valence-electron chi connectivity index (χ3n) is 2.16. The number of rotatable bonds is 4. The van der Waals surface area contributed by atoms with E-state index in [-0.39, 0.29) is 0 Å². The van der Waals surface area contributed by atoms with Crippen LogP contribution in [0.4, 0.5) is 0 Å². The molecule has 0 aliphatic rings. The number of halogens is 1. The number of methoxy groups -OCH3 is 1. The van der Waals surface area contributed by atoms with Crippen LogP contribution in [0.5, 0.6) is 5.75 Å². The lowest BCUT2D eigenvalue weighted by molar-refractivity contribution is 0.415. The molecule has 0 radical (unpaired) electrons. The summed E-state index contributed by atoms with van der Waals surface area (Å²) in [4.78, 5) is 1.43. The van der Waals surface area contributed by atoms with Gasteiger partial charge in [-0.2, -0.15) is 0 Å². The van der Waals surface area contributed by atoms with E-state index >= 15 is 0 Å². The van der Waals surface area contributed by atoms with Crippen molar-refractivity contribution in [3.8, 4) is 11.4 Å². The van der Waals surface area contributed by atoms with Crippen molar-refractivity contribution in [2.24, 2.45) is 0 Å². The minimum absolute atomic E-state index is 0.512. The van der Waals surface area contributed by atoms with Crippen LogP contribution in [0.15, 0.2) is 18.2 Å². The molecule has 1 aromatic carbocycles. The summed E-state index contributed by atoms with van der Waals surface area (Å²) in [5.74, 6) is 1.24. The maximum atomic E-state index is 6.02. The highest BCUT2D eigenvalue weighted by atomic mass is 35.5. The van der Waals surface area contributed by atoms with Crippen LogP contribution in [0.3, 0.4) is 0 Å². The van der Waals surface area contributed by atoms with E-state index in [1.807, 2.05) is 13.1 Å². The zero-order valence-electron chi connectivity index (χ0n) is 9.51. The molecule has 0 fully saturated rings. The molecule has 1 N–H and O–H groups in total. The van der Waals surface area contributed by atoms with Crippen LogP contribution in [0.1, 0.15) is 5.82 Å². The van der Waals surface area contributed by atoms with Crippen molar-refractivity contribution in [3.05, 3.63) is 29.0 Å². The van der Waals surface area contributed by atoms with Crippen molar-refractivity contribution in [2.45, 2.75) is 6.54 Å². The fourth-order valence-electron chi connectivity index (χ4n) is 1.36. The highest BCUT2D eigenvalue weighted by Gasteiger charge is 2.07. The molecule has 1 heterocycles. The number of tetrazole rings is 1. The number of nitrogens with zero attached hydrogens (tertiary/aromatic N) is 4. The van der Waals surface area contributed by atoms with Gasteiger partial charge in [0.05, 0.1) is 24.4 Å². The Morgan fingerprint density at radius 2 is 2.29 bits per heavy atom. The van der Waals surface area contributed by atoms with Crippen LogP contribution in [-0.4, -0.2) is 34.4 Å². The van der Waals surface area contributed by atoms with Crippen molar-refractivity contribution in [3.63, 3.8) is 0 Å². The Balaban J connectivity index is 2.29. The summed E-state index contributed by atoms with van der Waals surface area (Å²) in [7, 11) is 3.39.